The van der Waals surface area contributed by atoms with E-state index in [-0.39, 0.29) is 23.3 Å². The molecular formula is C15H9ClF2N4O2. The van der Waals surface area contributed by atoms with Crippen molar-refractivity contribution in [2.24, 2.45) is 0 Å². The van der Waals surface area contributed by atoms with Gasteiger partial charge >= 0.3 is 0 Å². The first-order valence-corrected chi connectivity index (χ1v) is 7.07. The van der Waals surface area contributed by atoms with Crippen LogP contribution in [0, 0.1) is 11.6 Å². The van der Waals surface area contributed by atoms with Crippen LogP contribution in [0.5, 0.6) is 0 Å². The largest absolute Gasteiger partial charge is 0.337 e. The number of rotatable bonds is 4. The van der Waals surface area contributed by atoms with E-state index in [2.05, 4.69) is 15.2 Å². The Morgan fingerprint density at radius 3 is 2.71 bits per heavy atom. The monoisotopic (exact) mass is 350 g/mol. The van der Waals surface area contributed by atoms with Crippen LogP contribution in [0.1, 0.15) is 17.3 Å². The molecule has 0 aliphatic carbocycles. The van der Waals surface area contributed by atoms with Gasteiger partial charge in [-0.25, -0.2) is 13.5 Å². The molecular weight excluding hydrogens is 342 g/mol. The highest BCUT2D eigenvalue weighted by Crippen LogP contribution is 2.11. The van der Waals surface area contributed by atoms with E-state index in [1.165, 1.54) is 24.4 Å². The SMILES string of the molecule is O=c1c(Cl)ccnn1Cc1nc(/C=C/c2cc(F)cc(F)c2)no1. The highest BCUT2D eigenvalue weighted by Gasteiger charge is 2.08. The van der Waals surface area contributed by atoms with Gasteiger partial charge in [0.2, 0.25) is 5.89 Å². The highest BCUT2D eigenvalue weighted by atomic mass is 35.5. The van der Waals surface area contributed by atoms with Gasteiger partial charge in [0.25, 0.3) is 5.56 Å². The minimum Gasteiger partial charge on any atom is -0.337 e. The maximum Gasteiger partial charge on any atom is 0.285 e. The fourth-order valence-corrected chi connectivity index (χ4v) is 2.06. The molecule has 122 valence electrons. The molecule has 6 nitrogen and oxygen atoms in total. The van der Waals surface area contributed by atoms with Crippen LogP contribution >= 0.6 is 11.6 Å². The van der Waals surface area contributed by atoms with Crippen molar-refractivity contribution in [3.05, 3.63) is 74.8 Å². The molecule has 0 radical (unpaired) electrons. The van der Waals surface area contributed by atoms with E-state index >= 15 is 0 Å². The van der Waals surface area contributed by atoms with E-state index in [0.29, 0.717) is 5.56 Å². The molecule has 3 rings (SSSR count). The first-order valence-electron chi connectivity index (χ1n) is 6.69. The van der Waals surface area contributed by atoms with Crippen molar-refractivity contribution in [1.82, 2.24) is 19.9 Å². The van der Waals surface area contributed by atoms with Crippen LogP contribution in [0.25, 0.3) is 12.2 Å². The molecule has 0 saturated heterocycles. The van der Waals surface area contributed by atoms with E-state index < -0.39 is 17.2 Å². The van der Waals surface area contributed by atoms with Gasteiger partial charge in [-0.2, -0.15) is 10.1 Å². The third-order valence-electron chi connectivity index (χ3n) is 2.94. The molecule has 0 saturated carbocycles. The highest BCUT2D eigenvalue weighted by molar-refractivity contribution is 6.30. The van der Waals surface area contributed by atoms with Gasteiger partial charge in [-0.3, -0.25) is 4.79 Å². The van der Waals surface area contributed by atoms with Crippen LogP contribution in [-0.4, -0.2) is 19.9 Å². The molecule has 0 atom stereocenters. The molecule has 9 heteroatoms. The molecule has 1 aromatic carbocycles. The molecule has 0 N–H and O–H groups in total. The summed E-state index contributed by atoms with van der Waals surface area (Å²) in [6, 6.07) is 4.48. The van der Waals surface area contributed by atoms with Crippen molar-refractivity contribution in [1.29, 1.82) is 0 Å². The molecule has 0 fully saturated rings. The predicted molar refractivity (Wildman–Crippen MR) is 82.2 cm³/mol. The third kappa shape index (κ3) is 3.72. The lowest BCUT2D eigenvalue weighted by Gasteiger charge is -1.99. The van der Waals surface area contributed by atoms with Gasteiger partial charge in [-0.1, -0.05) is 22.8 Å². The second kappa shape index (κ2) is 6.71. The molecule has 0 bridgehead atoms. The Hall–Kier alpha value is -2.87. The average molecular weight is 351 g/mol. The Morgan fingerprint density at radius 1 is 1.21 bits per heavy atom. The third-order valence-corrected chi connectivity index (χ3v) is 3.23. The Kier molecular flexibility index (Phi) is 4.48. The van der Waals surface area contributed by atoms with Crippen LogP contribution in [-0.2, 0) is 6.54 Å². The number of aromatic nitrogens is 4. The van der Waals surface area contributed by atoms with E-state index in [4.69, 9.17) is 16.1 Å². The zero-order valence-electron chi connectivity index (χ0n) is 12.0. The van der Waals surface area contributed by atoms with Crippen molar-refractivity contribution in [3.63, 3.8) is 0 Å². The van der Waals surface area contributed by atoms with E-state index in [0.717, 1.165) is 22.9 Å². The van der Waals surface area contributed by atoms with Gasteiger partial charge in [0.15, 0.2) is 5.82 Å². The molecule has 3 aromatic rings. The van der Waals surface area contributed by atoms with Crippen molar-refractivity contribution in [2.75, 3.05) is 0 Å². The predicted octanol–water partition coefficient (Wildman–Crippen LogP) is 2.78. The molecule has 0 spiro atoms. The van der Waals surface area contributed by atoms with Crippen LogP contribution < -0.4 is 5.56 Å². The van der Waals surface area contributed by atoms with Crippen LogP contribution in [0.3, 0.4) is 0 Å². The lowest BCUT2D eigenvalue weighted by atomic mass is 10.2. The van der Waals surface area contributed by atoms with Crippen molar-refractivity contribution < 1.29 is 13.3 Å². The standard InChI is InChI=1S/C15H9ClF2N4O2/c16-12-3-4-19-22(15(12)23)8-14-20-13(21-24-14)2-1-9-5-10(17)7-11(18)6-9/h1-7H,8H2/b2-1+. The molecule has 0 amide bonds. The fraction of sp³-hybridized carbons (Fsp3) is 0.0667. The van der Waals surface area contributed by atoms with Gasteiger partial charge < -0.3 is 4.52 Å². The van der Waals surface area contributed by atoms with Crippen molar-refractivity contribution in [2.45, 2.75) is 6.54 Å². The summed E-state index contributed by atoms with van der Waals surface area (Å²) in [6.45, 7) is -0.0468. The summed E-state index contributed by atoms with van der Waals surface area (Å²) in [7, 11) is 0. The number of nitrogens with zero attached hydrogens (tertiary/aromatic N) is 4. The summed E-state index contributed by atoms with van der Waals surface area (Å²) in [4.78, 5) is 15.8. The Bertz CT molecular complexity index is 948. The van der Waals surface area contributed by atoms with Crippen LogP contribution in [0.15, 0.2) is 39.8 Å². The Labute approximate surface area is 139 Å². The molecule has 0 aliphatic heterocycles. The van der Waals surface area contributed by atoms with Gasteiger partial charge in [0, 0.05) is 12.3 Å². The van der Waals surface area contributed by atoms with Crippen LogP contribution in [0.4, 0.5) is 8.78 Å². The second-order valence-corrected chi connectivity index (χ2v) is 5.13. The first kappa shape index (κ1) is 16.0. The summed E-state index contributed by atoms with van der Waals surface area (Å²) in [5.41, 5.74) is -0.170. The maximum atomic E-state index is 13.1. The fourth-order valence-electron chi connectivity index (χ4n) is 1.91. The first-order chi connectivity index (χ1) is 11.5. The molecule has 24 heavy (non-hydrogen) atoms. The van der Waals surface area contributed by atoms with Gasteiger partial charge in [-0.05, 0) is 29.8 Å². The lowest BCUT2D eigenvalue weighted by molar-refractivity contribution is 0.361. The Morgan fingerprint density at radius 2 is 1.96 bits per heavy atom. The normalized spacial score (nSPS) is 11.3. The number of halogens is 3. The molecule has 0 unspecified atom stereocenters. The van der Waals surface area contributed by atoms with E-state index in [1.54, 1.807) is 0 Å². The van der Waals surface area contributed by atoms with E-state index in [1.807, 2.05) is 0 Å². The second-order valence-electron chi connectivity index (χ2n) is 4.72. The number of hydrogen-bond acceptors (Lipinski definition) is 5. The Balaban J connectivity index is 1.77. The van der Waals surface area contributed by atoms with E-state index in [9.17, 15) is 13.6 Å². The minimum absolute atomic E-state index is 0.0257. The lowest BCUT2D eigenvalue weighted by Crippen LogP contribution is -2.23. The summed E-state index contributed by atoms with van der Waals surface area (Å²) in [5, 5.41) is 7.56. The summed E-state index contributed by atoms with van der Waals surface area (Å²) in [6.07, 6.45) is 4.24. The van der Waals surface area contributed by atoms with Crippen LogP contribution in [0.2, 0.25) is 5.02 Å². The maximum absolute atomic E-state index is 13.1. The summed E-state index contributed by atoms with van der Waals surface area (Å²) >= 11 is 5.72. The summed E-state index contributed by atoms with van der Waals surface area (Å²) in [5.74, 6) is -1.05. The topological polar surface area (TPSA) is 73.8 Å². The average Bonchev–Trinajstić information content (AvgIpc) is 2.97. The van der Waals surface area contributed by atoms with Gasteiger partial charge in [0.1, 0.15) is 23.2 Å². The van der Waals surface area contributed by atoms with Crippen molar-refractivity contribution in [3.8, 4) is 0 Å². The zero-order valence-corrected chi connectivity index (χ0v) is 12.7. The van der Waals surface area contributed by atoms with Gasteiger partial charge in [0.05, 0.1) is 0 Å². The molecule has 0 aliphatic rings. The molecule has 2 heterocycles. The zero-order chi connectivity index (χ0) is 17.1. The summed E-state index contributed by atoms with van der Waals surface area (Å²) < 4.78 is 32.3. The smallest absolute Gasteiger partial charge is 0.285 e. The van der Waals surface area contributed by atoms with Gasteiger partial charge in [-0.15, -0.1) is 0 Å². The minimum atomic E-state index is -0.685. The van der Waals surface area contributed by atoms with Crippen molar-refractivity contribution >= 4 is 23.8 Å². The molecule has 2 aromatic heterocycles. The quantitative estimate of drug-likeness (QED) is 0.723. The number of hydrogen-bond donors (Lipinski definition) is 0. The number of benzene rings is 1.